The number of benzene rings is 1. The highest BCUT2D eigenvalue weighted by Crippen LogP contribution is 2.27. The number of nitrogens with zero attached hydrogens (tertiary/aromatic N) is 2. The first-order chi connectivity index (χ1) is 6.81. The van der Waals surface area contributed by atoms with Crippen LogP contribution in [0.2, 0.25) is 0 Å². The minimum absolute atomic E-state index is 0.127. The van der Waals surface area contributed by atoms with E-state index in [4.69, 9.17) is 4.42 Å². The number of hydrogen-bond acceptors (Lipinski definition) is 5. The monoisotopic (exact) mass is 208 g/mol. The Morgan fingerprint density at radius 2 is 2.07 bits per heavy atom. The van der Waals surface area contributed by atoms with Gasteiger partial charge in [0.2, 0.25) is 5.89 Å². The van der Waals surface area contributed by atoms with Crippen molar-refractivity contribution < 1.29 is 9.52 Å². The van der Waals surface area contributed by atoms with Crippen molar-refractivity contribution >= 4 is 12.6 Å². The topological polar surface area (TPSA) is 59.2 Å². The number of phenols is 1. The predicted molar refractivity (Wildman–Crippen MR) is 54.1 cm³/mol. The lowest BCUT2D eigenvalue weighted by Gasteiger charge is -1.96. The van der Waals surface area contributed by atoms with Gasteiger partial charge in [-0.15, -0.1) is 10.2 Å². The van der Waals surface area contributed by atoms with Gasteiger partial charge in [-0.3, -0.25) is 0 Å². The number of rotatable bonds is 2. The summed E-state index contributed by atoms with van der Waals surface area (Å²) in [6, 6.07) is 6.80. The maximum Gasteiger partial charge on any atom is 0.251 e. The molecule has 0 aliphatic rings. The Hall–Kier alpha value is -1.49. The summed E-state index contributed by atoms with van der Waals surface area (Å²) < 4.78 is 5.24. The summed E-state index contributed by atoms with van der Waals surface area (Å²) in [7, 11) is 0. The summed E-state index contributed by atoms with van der Waals surface area (Å²) in [4.78, 5) is 0. The van der Waals surface area contributed by atoms with Gasteiger partial charge in [-0.2, -0.15) is 12.6 Å². The Bertz CT molecular complexity index is 442. The average molecular weight is 208 g/mol. The van der Waals surface area contributed by atoms with Crippen molar-refractivity contribution in [2.45, 2.75) is 5.75 Å². The first-order valence-corrected chi connectivity index (χ1v) is 4.66. The van der Waals surface area contributed by atoms with Gasteiger partial charge in [-0.1, -0.05) is 12.1 Å². The van der Waals surface area contributed by atoms with Gasteiger partial charge in [0, 0.05) is 0 Å². The number of thiol groups is 1. The molecular formula is C9H8N2O2S. The summed E-state index contributed by atoms with van der Waals surface area (Å²) >= 11 is 4.00. The van der Waals surface area contributed by atoms with Gasteiger partial charge < -0.3 is 9.52 Å². The smallest absolute Gasteiger partial charge is 0.251 e. The van der Waals surface area contributed by atoms with Gasteiger partial charge in [0.1, 0.15) is 5.75 Å². The highest BCUT2D eigenvalue weighted by atomic mass is 32.1. The Labute approximate surface area is 86.0 Å². The Morgan fingerprint density at radius 3 is 2.71 bits per heavy atom. The van der Waals surface area contributed by atoms with E-state index in [1.165, 1.54) is 0 Å². The number of aromatic nitrogens is 2. The molecule has 0 aliphatic carbocycles. The first kappa shape index (κ1) is 9.08. The first-order valence-electron chi connectivity index (χ1n) is 4.03. The fourth-order valence-electron chi connectivity index (χ4n) is 1.08. The fourth-order valence-corrected chi connectivity index (χ4v) is 1.21. The molecule has 14 heavy (non-hydrogen) atoms. The number of phenolic OH excluding ortho intramolecular Hbond substituents is 1. The van der Waals surface area contributed by atoms with Crippen LogP contribution in [0.3, 0.4) is 0 Å². The van der Waals surface area contributed by atoms with E-state index in [-0.39, 0.29) is 5.75 Å². The molecule has 0 atom stereocenters. The second kappa shape index (κ2) is 3.71. The van der Waals surface area contributed by atoms with Crippen LogP contribution in [0.4, 0.5) is 0 Å². The van der Waals surface area contributed by atoms with Gasteiger partial charge in [-0.05, 0) is 12.1 Å². The van der Waals surface area contributed by atoms with Crippen molar-refractivity contribution in [3.63, 3.8) is 0 Å². The zero-order valence-electron chi connectivity index (χ0n) is 7.21. The van der Waals surface area contributed by atoms with Crippen molar-refractivity contribution in [2.75, 3.05) is 0 Å². The maximum absolute atomic E-state index is 9.50. The molecule has 0 unspecified atom stereocenters. The van der Waals surface area contributed by atoms with Crippen LogP contribution in [0.15, 0.2) is 28.7 Å². The lowest BCUT2D eigenvalue weighted by atomic mass is 10.2. The van der Waals surface area contributed by atoms with Crippen LogP contribution in [0.5, 0.6) is 5.75 Å². The van der Waals surface area contributed by atoms with Crippen LogP contribution in [-0.4, -0.2) is 15.3 Å². The minimum Gasteiger partial charge on any atom is -0.507 e. The third-order valence-corrected chi connectivity index (χ3v) is 2.01. The van der Waals surface area contributed by atoms with Gasteiger partial charge >= 0.3 is 0 Å². The fraction of sp³-hybridized carbons (Fsp3) is 0.111. The van der Waals surface area contributed by atoms with Crippen molar-refractivity contribution in [1.29, 1.82) is 0 Å². The number of para-hydroxylation sites is 1. The van der Waals surface area contributed by atoms with Crippen molar-refractivity contribution in [3.05, 3.63) is 30.2 Å². The molecule has 0 saturated carbocycles. The zero-order chi connectivity index (χ0) is 9.97. The molecule has 1 aromatic carbocycles. The van der Waals surface area contributed by atoms with E-state index in [1.54, 1.807) is 24.3 Å². The second-order valence-electron chi connectivity index (χ2n) is 2.68. The summed E-state index contributed by atoms with van der Waals surface area (Å²) in [5.74, 6) is 1.27. The van der Waals surface area contributed by atoms with Gasteiger partial charge in [-0.25, -0.2) is 0 Å². The van der Waals surface area contributed by atoms with Crippen LogP contribution in [0, 0.1) is 0 Å². The molecule has 2 rings (SSSR count). The molecule has 0 saturated heterocycles. The molecule has 0 fully saturated rings. The van der Waals surface area contributed by atoms with Crippen molar-refractivity contribution in [2.24, 2.45) is 0 Å². The van der Waals surface area contributed by atoms with E-state index >= 15 is 0 Å². The van der Waals surface area contributed by atoms with Crippen LogP contribution in [-0.2, 0) is 5.75 Å². The van der Waals surface area contributed by atoms with E-state index in [1.807, 2.05) is 0 Å². The summed E-state index contributed by atoms with van der Waals surface area (Å²) in [5.41, 5.74) is 0.535. The largest absolute Gasteiger partial charge is 0.507 e. The van der Waals surface area contributed by atoms with Crippen molar-refractivity contribution in [1.82, 2.24) is 10.2 Å². The lowest BCUT2D eigenvalue weighted by Crippen LogP contribution is -1.78. The van der Waals surface area contributed by atoms with Gasteiger partial charge in [0.25, 0.3) is 5.89 Å². The van der Waals surface area contributed by atoms with Crippen molar-refractivity contribution in [3.8, 4) is 17.2 Å². The van der Waals surface area contributed by atoms with E-state index in [0.29, 0.717) is 23.1 Å². The molecule has 1 heterocycles. The molecule has 0 amide bonds. The lowest BCUT2D eigenvalue weighted by molar-refractivity contribution is 0.470. The molecule has 0 aliphatic heterocycles. The van der Waals surface area contributed by atoms with Crippen LogP contribution in [0.1, 0.15) is 5.89 Å². The zero-order valence-corrected chi connectivity index (χ0v) is 8.11. The number of hydrogen-bond donors (Lipinski definition) is 2. The molecule has 1 N–H and O–H groups in total. The third kappa shape index (κ3) is 1.58. The Balaban J connectivity index is 2.44. The van der Waals surface area contributed by atoms with E-state index in [2.05, 4.69) is 22.8 Å². The second-order valence-corrected chi connectivity index (χ2v) is 2.99. The normalized spacial score (nSPS) is 10.4. The average Bonchev–Trinajstić information content (AvgIpc) is 2.67. The third-order valence-electron chi connectivity index (χ3n) is 1.74. The summed E-state index contributed by atoms with van der Waals surface area (Å²) in [6.07, 6.45) is 0. The molecule has 2 aromatic rings. The van der Waals surface area contributed by atoms with Crippen LogP contribution < -0.4 is 0 Å². The van der Waals surface area contributed by atoms with E-state index in [0.717, 1.165) is 0 Å². The molecule has 5 heteroatoms. The standard InChI is InChI=1S/C9H8N2O2S/c12-7-4-2-1-3-6(7)9-11-10-8(5-14)13-9/h1-4,12,14H,5H2. The predicted octanol–water partition coefficient (Wildman–Crippen LogP) is 1.87. The van der Waals surface area contributed by atoms with Gasteiger partial charge in [0.15, 0.2) is 0 Å². The molecule has 0 bridgehead atoms. The molecule has 0 radical (unpaired) electrons. The van der Waals surface area contributed by atoms with Crippen LogP contribution in [0.25, 0.3) is 11.5 Å². The van der Waals surface area contributed by atoms with E-state index in [9.17, 15) is 5.11 Å². The van der Waals surface area contributed by atoms with E-state index < -0.39 is 0 Å². The summed E-state index contributed by atoms with van der Waals surface area (Å²) in [5, 5.41) is 17.0. The molecule has 4 nitrogen and oxygen atoms in total. The Morgan fingerprint density at radius 1 is 1.29 bits per heavy atom. The molecule has 1 aromatic heterocycles. The van der Waals surface area contributed by atoms with Gasteiger partial charge in [0.05, 0.1) is 11.3 Å². The highest BCUT2D eigenvalue weighted by Gasteiger charge is 2.10. The minimum atomic E-state index is 0.127. The molecule has 72 valence electrons. The maximum atomic E-state index is 9.50. The summed E-state index contributed by atoms with van der Waals surface area (Å²) in [6.45, 7) is 0. The quantitative estimate of drug-likeness (QED) is 0.740. The molecular weight excluding hydrogens is 200 g/mol. The Kier molecular flexibility index (Phi) is 2.41. The SMILES string of the molecule is Oc1ccccc1-c1nnc(CS)o1. The van der Waals surface area contributed by atoms with Crippen LogP contribution >= 0.6 is 12.6 Å². The molecule has 0 spiro atoms. The number of aromatic hydroxyl groups is 1. The highest BCUT2D eigenvalue weighted by molar-refractivity contribution is 7.79.